The van der Waals surface area contributed by atoms with E-state index in [1.54, 1.807) is 36.7 Å². The predicted octanol–water partition coefficient (Wildman–Crippen LogP) is 2.23. The Morgan fingerprint density at radius 3 is 2.79 bits per heavy atom. The van der Waals surface area contributed by atoms with E-state index in [-0.39, 0.29) is 17.6 Å². The molecule has 0 saturated heterocycles. The topological polar surface area (TPSA) is 123 Å². The first-order chi connectivity index (χ1) is 13.7. The van der Waals surface area contributed by atoms with Crippen molar-refractivity contribution in [2.45, 2.75) is 5.16 Å². The number of allylic oxidation sites excluding steroid dienone is 1. The molecule has 0 atom stereocenters. The van der Waals surface area contributed by atoms with Gasteiger partial charge >= 0.3 is 0 Å². The average Bonchev–Trinajstić information content (AvgIpc) is 3.07. The van der Waals surface area contributed by atoms with Gasteiger partial charge in [0.25, 0.3) is 5.95 Å². The van der Waals surface area contributed by atoms with Crippen LogP contribution in [0.1, 0.15) is 5.56 Å². The van der Waals surface area contributed by atoms with Crippen LogP contribution in [0.5, 0.6) is 0 Å². The summed E-state index contributed by atoms with van der Waals surface area (Å²) in [6.45, 7) is 0. The first-order valence-corrected chi connectivity index (χ1v) is 9.26. The number of pyridine rings is 1. The summed E-state index contributed by atoms with van der Waals surface area (Å²) in [5.41, 5.74) is 3.77. The smallest absolute Gasteiger partial charge is 0.264 e. The number of carbonyl (C=O) groups excluding carboxylic acids is 1. The minimum absolute atomic E-state index is 0.120. The highest BCUT2D eigenvalue weighted by molar-refractivity contribution is 7.99. The van der Waals surface area contributed by atoms with Crippen LogP contribution in [-0.4, -0.2) is 37.7 Å². The highest BCUT2D eigenvalue weighted by Crippen LogP contribution is 2.16. The lowest BCUT2D eigenvalue weighted by atomic mass is 10.2. The van der Waals surface area contributed by atoms with E-state index < -0.39 is 0 Å². The van der Waals surface area contributed by atoms with Gasteiger partial charge in [-0.1, -0.05) is 54.2 Å². The summed E-state index contributed by atoms with van der Waals surface area (Å²) < 4.78 is 1.23. The van der Waals surface area contributed by atoms with Crippen LogP contribution in [0.2, 0.25) is 0 Å². The van der Waals surface area contributed by atoms with Gasteiger partial charge in [0.1, 0.15) is 5.82 Å². The lowest BCUT2D eigenvalue weighted by Gasteiger charge is -2.04. The second-order valence-corrected chi connectivity index (χ2v) is 6.33. The van der Waals surface area contributed by atoms with E-state index in [0.717, 1.165) is 17.3 Å². The quantitative estimate of drug-likeness (QED) is 0.232. The summed E-state index contributed by atoms with van der Waals surface area (Å²) in [4.78, 5) is 16.0. The number of amides is 1. The number of carbonyl (C=O) groups is 1. The van der Waals surface area contributed by atoms with Gasteiger partial charge in [0.2, 0.25) is 11.1 Å². The molecule has 1 amide bonds. The van der Waals surface area contributed by atoms with Gasteiger partial charge in [-0.05, 0) is 23.8 Å². The molecule has 0 aliphatic heterocycles. The number of nitrogens with two attached hydrogens (primary N) is 1. The molecule has 0 fully saturated rings. The summed E-state index contributed by atoms with van der Waals surface area (Å²) in [7, 11) is 0. The third-order valence-corrected chi connectivity index (χ3v) is 4.29. The number of anilines is 2. The number of benzene rings is 1. The number of nitrogen functional groups attached to an aromatic ring is 1. The molecular formula is C18H18N8OS. The highest BCUT2D eigenvalue weighted by atomic mass is 32.2. The highest BCUT2D eigenvalue weighted by Gasteiger charge is 2.12. The number of thioether (sulfide) groups is 1. The van der Waals surface area contributed by atoms with Crippen molar-refractivity contribution in [3.63, 3.8) is 0 Å². The molecule has 3 rings (SSSR count). The van der Waals surface area contributed by atoms with Gasteiger partial charge in [0.05, 0.1) is 5.75 Å². The number of hydrazone groups is 1. The maximum absolute atomic E-state index is 11.9. The fourth-order valence-electron chi connectivity index (χ4n) is 2.05. The standard InChI is InChI=1S/C18H18N8OS/c19-26-17(23-21-12-6-9-14-7-2-1-3-8-14)24-25-18(26)28-13-16(27)22-15-10-4-5-11-20-15/h1-12H,13,19H2,(H,23,24)(H,20,22,27)/b9-6+,21-12+. The van der Waals surface area contributed by atoms with Crippen LogP contribution in [-0.2, 0) is 4.79 Å². The largest absolute Gasteiger partial charge is 0.334 e. The monoisotopic (exact) mass is 394 g/mol. The molecule has 0 spiro atoms. The van der Waals surface area contributed by atoms with Crippen LogP contribution in [0.15, 0.2) is 71.1 Å². The Bertz CT molecular complexity index is 956. The van der Waals surface area contributed by atoms with Crippen LogP contribution < -0.4 is 16.6 Å². The molecule has 1 aromatic carbocycles. The zero-order valence-electron chi connectivity index (χ0n) is 14.8. The van der Waals surface area contributed by atoms with Crippen molar-refractivity contribution in [1.82, 2.24) is 19.9 Å². The number of nitrogens with zero attached hydrogens (tertiary/aromatic N) is 5. The van der Waals surface area contributed by atoms with E-state index in [0.29, 0.717) is 11.0 Å². The summed E-state index contributed by atoms with van der Waals surface area (Å²) in [6, 6.07) is 15.1. The number of rotatable bonds is 8. The summed E-state index contributed by atoms with van der Waals surface area (Å²) >= 11 is 1.15. The Kier molecular flexibility index (Phi) is 6.74. The minimum atomic E-state index is -0.217. The van der Waals surface area contributed by atoms with E-state index in [1.807, 2.05) is 36.4 Å². The van der Waals surface area contributed by atoms with Crippen molar-refractivity contribution in [2.24, 2.45) is 5.10 Å². The first-order valence-electron chi connectivity index (χ1n) is 8.27. The Balaban J connectivity index is 1.47. The maximum Gasteiger partial charge on any atom is 0.264 e. The molecule has 10 heteroatoms. The molecule has 9 nitrogen and oxygen atoms in total. The van der Waals surface area contributed by atoms with E-state index in [2.05, 4.69) is 31.0 Å². The molecule has 0 radical (unpaired) electrons. The third kappa shape index (κ3) is 5.68. The van der Waals surface area contributed by atoms with E-state index in [9.17, 15) is 4.79 Å². The molecule has 3 aromatic rings. The van der Waals surface area contributed by atoms with Crippen LogP contribution >= 0.6 is 11.8 Å². The van der Waals surface area contributed by atoms with Crippen molar-refractivity contribution < 1.29 is 4.79 Å². The average molecular weight is 394 g/mol. The molecule has 0 unspecified atom stereocenters. The van der Waals surface area contributed by atoms with Gasteiger partial charge in [0, 0.05) is 12.4 Å². The van der Waals surface area contributed by atoms with Crippen molar-refractivity contribution in [1.29, 1.82) is 0 Å². The van der Waals surface area contributed by atoms with E-state index >= 15 is 0 Å². The van der Waals surface area contributed by atoms with Gasteiger partial charge < -0.3 is 11.2 Å². The second-order valence-electron chi connectivity index (χ2n) is 5.39. The number of hydrogen-bond acceptors (Lipinski definition) is 8. The zero-order valence-corrected chi connectivity index (χ0v) is 15.6. The number of hydrogen-bond donors (Lipinski definition) is 3. The molecule has 0 aliphatic rings. The first kappa shape index (κ1) is 19.1. The normalized spacial score (nSPS) is 11.1. The van der Waals surface area contributed by atoms with Crippen LogP contribution in [0.3, 0.4) is 0 Å². The lowest BCUT2D eigenvalue weighted by molar-refractivity contribution is -0.113. The molecule has 2 heterocycles. The zero-order chi connectivity index (χ0) is 19.6. The molecule has 0 aliphatic carbocycles. The maximum atomic E-state index is 11.9. The van der Waals surface area contributed by atoms with Gasteiger partial charge in [-0.2, -0.15) is 5.10 Å². The molecule has 0 saturated carbocycles. The summed E-state index contributed by atoms with van der Waals surface area (Å²) in [6.07, 6.45) is 6.89. The molecular weight excluding hydrogens is 376 g/mol. The number of aromatic nitrogens is 4. The Labute approximate surface area is 165 Å². The third-order valence-electron chi connectivity index (χ3n) is 3.34. The Hall–Kier alpha value is -3.66. The van der Waals surface area contributed by atoms with E-state index in [4.69, 9.17) is 5.84 Å². The van der Waals surface area contributed by atoms with Crippen LogP contribution in [0.4, 0.5) is 11.8 Å². The van der Waals surface area contributed by atoms with Gasteiger partial charge in [-0.15, -0.1) is 10.2 Å². The van der Waals surface area contributed by atoms with Gasteiger partial charge in [-0.3, -0.25) is 4.79 Å². The van der Waals surface area contributed by atoms with Gasteiger partial charge in [0.15, 0.2) is 0 Å². The Morgan fingerprint density at radius 2 is 2.00 bits per heavy atom. The van der Waals surface area contributed by atoms with Crippen LogP contribution in [0, 0.1) is 0 Å². The molecule has 28 heavy (non-hydrogen) atoms. The lowest BCUT2D eigenvalue weighted by Crippen LogP contribution is -2.17. The summed E-state index contributed by atoms with van der Waals surface area (Å²) in [5.74, 6) is 6.57. The fraction of sp³-hybridized carbons (Fsp3) is 0.0556. The van der Waals surface area contributed by atoms with Crippen molar-refractivity contribution in [3.8, 4) is 0 Å². The van der Waals surface area contributed by atoms with Crippen LogP contribution in [0.25, 0.3) is 6.08 Å². The van der Waals surface area contributed by atoms with Gasteiger partial charge in [-0.25, -0.2) is 15.1 Å². The molecule has 2 aromatic heterocycles. The minimum Gasteiger partial charge on any atom is -0.334 e. The molecule has 142 valence electrons. The SMILES string of the molecule is Nn1c(N/N=C/C=C/c2ccccc2)nnc1SCC(=O)Nc1ccccn1. The molecule has 0 bridgehead atoms. The summed E-state index contributed by atoms with van der Waals surface area (Å²) in [5, 5.41) is 14.9. The predicted molar refractivity (Wildman–Crippen MR) is 111 cm³/mol. The Morgan fingerprint density at radius 1 is 1.18 bits per heavy atom. The molecule has 4 N–H and O–H groups in total. The second kappa shape index (κ2) is 9.88. The fourth-order valence-corrected chi connectivity index (χ4v) is 2.71. The van der Waals surface area contributed by atoms with E-state index in [1.165, 1.54) is 4.68 Å². The van der Waals surface area contributed by atoms with Crippen molar-refractivity contribution >= 4 is 41.7 Å². The number of nitrogens with one attached hydrogen (secondary N) is 2. The van der Waals surface area contributed by atoms with Crippen molar-refractivity contribution in [3.05, 3.63) is 66.4 Å². The van der Waals surface area contributed by atoms with Crippen molar-refractivity contribution in [2.75, 3.05) is 22.3 Å².